The molecule has 52 valence electrons. The molecule has 0 fully saturated rings. The van der Waals surface area contributed by atoms with Crippen LogP contribution >= 0.6 is 0 Å². The first-order valence-corrected chi connectivity index (χ1v) is 3.10. The van der Waals surface area contributed by atoms with Gasteiger partial charge in [0.05, 0.1) is 22.7 Å². The van der Waals surface area contributed by atoms with Crippen LogP contribution in [0, 0.1) is 0 Å². The van der Waals surface area contributed by atoms with Crippen LogP contribution in [0.15, 0.2) is 0 Å². The predicted octanol–water partition coefficient (Wildman–Crippen LogP) is -1.70. The van der Waals surface area contributed by atoms with Crippen molar-refractivity contribution in [3.63, 3.8) is 0 Å². The summed E-state index contributed by atoms with van der Waals surface area (Å²) >= 11 is -5.72. The van der Waals surface area contributed by atoms with Crippen molar-refractivity contribution in [2.24, 2.45) is 0 Å². The minimum absolute atomic E-state index is 0. The van der Waals surface area contributed by atoms with Crippen LogP contribution in [0.2, 0.25) is 0 Å². The molecule has 0 rings (SSSR count). The molecule has 0 radical (unpaired) electrons. The summed E-state index contributed by atoms with van der Waals surface area (Å²) < 4.78 is 48.2. The summed E-state index contributed by atoms with van der Waals surface area (Å²) in [5.74, 6) is 0. The maximum absolute atomic E-state index is 8.56. The van der Waals surface area contributed by atoms with Gasteiger partial charge < -0.3 is 18.2 Å². The van der Waals surface area contributed by atoms with Crippen molar-refractivity contribution in [3.05, 3.63) is 0 Å². The van der Waals surface area contributed by atoms with Gasteiger partial charge in [-0.05, 0) is 0 Å². The van der Waals surface area contributed by atoms with Crippen LogP contribution in [0.3, 0.4) is 0 Å². The second-order valence-corrected chi connectivity index (χ2v) is 1.30. The zero-order chi connectivity index (χ0) is 7.15. The van der Waals surface area contributed by atoms with Gasteiger partial charge in [0.15, 0.2) is 0 Å². The minimum atomic E-state index is -2.86. The third-order valence-electron chi connectivity index (χ3n) is 0. The fraction of sp³-hybridized carbons (Fsp3) is 0. The van der Waals surface area contributed by atoms with Crippen molar-refractivity contribution < 1.29 is 26.6 Å². The summed E-state index contributed by atoms with van der Waals surface area (Å²) in [6, 6.07) is 0. The molecule has 9 heteroatoms. The maximum Gasteiger partial charge on any atom is 2.00 e. The van der Waals surface area contributed by atoms with Gasteiger partial charge in [0.1, 0.15) is 0 Å². The van der Waals surface area contributed by atoms with Crippen LogP contribution in [0.25, 0.3) is 0 Å². The molecule has 2 N–H and O–H groups in total. The third-order valence-corrected chi connectivity index (χ3v) is 0. The van der Waals surface area contributed by atoms with E-state index in [1.165, 1.54) is 0 Å². The SMILES string of the molecule is O=S([O-])O.O=S([O-])O.[Be+2]. The molecule has 2 unspecified atom stereocenters. The van der Waals surface area contributed by atoms with Crippen molar-refractivity contribution >= 4 is 32.8 Å². The molecule has 0 aliphatic carbocycles. The van der Waals surface area contributed by atoms with Crippen LogP contribution in [0.1, 0.15) is 0 Å². The van der Waals surface area contributed by atoms with E-state index in [9.17, 15) is 0 Å². The van der Waals surface area contributed by atoms with E-state index in [0.717, 1.165) is 0 Å². The molecule has 0 amide bonds. The van der Waals surface area contributed by atoms with E-state index >= 15 is 0 Å². The zero-order valence-electron chi connectivity index (χ0n) is 4.05. The first-order valence-electron chi connectivity index (χ1n) is 1.03. The minimum Gasteiger partial charge on any atom is -0.750 e. The van der Waals surface area contributed by atoms with E-state index in [0.29, 0.717) is 0 Å². The van der Waals surface area contributed by atoms with Gasteiger partial charge in [0.2, 0.25) is 0 Å². The molecule has 0 spiro atoms. The van der Waals surface area contributed by atoms with Gasteiger partial charge in [-0.1, -0.05) is 0 Å². The van der Waals surface area contributed by atoms with Crippen LogP contribution in [-0.4, -0.2) is 36.7 Å². The smallest absolute Gasteiger partial charge is 0.750 e. The standard InChI is InChI=1S/Be.2H2O3S/c;2*1-4(2)3/h;2*(H2,1,2,3)/q+2;;/p-2. The molecule has 0 aliphatic heterocycles. The molecule has 0 saturated heterocycles. The Hall–Kier alpha value is 0.309. The fourth-order valence-corrected chi connectivity index (χ4v) is 0. The molecule has 0 saturated carbocycles. The molecule has 0 aromatic heterocycles. The van der Waals surface area contributed by atoms with Crippen molar-refractivity contribution in [2.75, 3.05) is 0 Å². The summed E-state index contributed by atoms with van der Waals surface area (Å²) in [5.41, 5.74) is 0. The Balaban J connectivity index is -0.0000000720. The van der Waals surface area contributed by atoms with Crippen molar-refractivity contribution in [1.82, 2.24) is 0 Å². The predicted molar refractivity (Wildman–Crippen MR) is 28.9 cm³/mol. The Morgan fingerprint density at radius 2 is 1.00 bits per heavy atom. The zero-order valence-corrected chi connectivity index (χ0v) is 5.68. The Morgan fingerprint density at radius 3 is 1.00 bits per heavy atom. The van der Waals surface area contributed by atoms with E-state index in [1.54, 1.807) is 0 Å². The van der Waals surface area contributed by atoms with Crippen LogP contribution < -0.4 is 0 Å². The Bertz CT molecular complexity index is 69.1. The second kappa shape index (κ2) is 11.2. The van der Waals surface area contributed by atoms with Crippen LogP contribution in [0.4, 0.5) is 0 Å². The molecular weight excluding hydrogens is 169 g/mol. The first-order chi connectivity index (χ1) is 3.46. The van der Waals surface area contributed by atoms with E-state index in [1.807, 2.05) is 0 Å². The second-order valence-electron chi connectivity index (χ2n) is 0.434. The molecule has 0 heterocycles. The molecule has 9 heavy (non-hydrogen) atoms. The quantitative estimate of drug-likeness (QED) is 0.331. The van der Waals surface area contributed by atoms with E-state index in [-0.39, 0.29) is 10.1 Å². The Morgan fingerprint density at radius 1 is 1.00 bits per heavy atom. The topological polar surface area (TPSA) is 121 Å². The van der Waals surface area contributed by atoms with Gasteiger partial charge in [-0.3, -0.25) is 0 Å². The number of rotatable bonds is 0. The van der Waals surface area contributed by atoms with Crippen molar-refractivity contribution in [3.8, 4) is 0 Å². The van der Waals surface area contributed by atoms with E-state index in [4.69, 9.17) is 26.6 Å². The first kappa shape index (κ1) is 16.1. The summed E-state index contributed by atoms with van der Waals surface area (Å²) in [5, 5.41) is 0. The Kier molecular flexibility index (Phi) is 20.0. The maximum atomic E-state index is 8.56. The third kappa shape index (κ3) is 3470. The summed E-state index contributed by atoms with van der Waals surface area (Å²) in [6.45, 7) is 0. The average Bonchev–Trinajstić information content (AvgIpc) is 1.25. The molecule has 0 bridgehead atoms. The van der Waals surface area contributed by atoms with Gasteiger partial charge in [0, 0.05) is 0 Å². The largest absolute Gasteiger partial charge is 2.00 e. The van der Waals surface area contributed by atoms with Crippen LogP contribution in [0.5, 0.6) is 0 Å². The molecule has 0 aromatic carbocycles. The molecule has 0 aliphatic rings. The molecule has 2 atom stereocenters. The number of hydrogen-bond donors (Lipinski definition) is 2. The van der Waals surface area contributed by atoms with Crippen LogP contribution in [-0.2, 0) is 22.7 Å². The fourth-order valence-electron chi connectivity index (χ4n) is 0. The summed E-state index contributed by atoms with van der Waals surface area (Å²) in [6.07, 6.45) is 0. The monoisotopic (exact) mass is 171 g/mol. The van der Waals surface area contributed by atoms with Crippen molar-refractivity contribution in [1.29, 1.82) is 0 Å². The molecule has 6 nitrogen and oxygen atoms in total. The van der Waals surface area contributed by atoms with E-state index in [2.05, 4.69) is 0 Å². The Labute approximate surface area is 60.1 Å². The van der Waals surface area contributed by atoms with Gasteiger partial charge >= 0.3 is 10.1 Å². The van der Waals surface area contributed by atoms with E-state index < -0.39 is 22.7 Å². The molecular formula is H2BeO6S2. The van der Waals surface area contributed by atoms with Crippen molar-refractivity contribution in [2.45, 2.75) is 0 Å². The van der Waals surface area contributed by atoms with Gasteiger partial charge in [0.25, 0.3) is 0 Å². The number of hydrogen-bond acceptors (Lipinski definition) is 4. The summed E-state index contributed by atoms with van der Waals surface area (Å²) in [4.78, 5) is 0. The van der Waals surface area contributed by atoms with Gasteiger partial charge in [-0.15, -0.1) is 0 Å². The van der Waals surface area contributed by atoms with Gasteiger partial charge in [-0.25, -0.2) is 8.42 Å². The van der Waals surface area contributed by atoms with Gasteiger partial charge in [-0.2, -0.15) is 0 Å². The summed E-state index contributed by atoms with van der Waals surface area (Å²) in [7, 11) is 0. The normalized spacial score (nSPS) is 13.8. The average molecular weight is 171 g/mol. The molecule has 0 aromatic rings.